The van der Waals surface area contributed by atoms with Crippen molar-refractivity contribution in [3.8, 4) is 0 Å². The molecular weight excluding hydrogens is 635 g/mol. The number of hydrogen-bond donors (Lipinski definition) is 0. The molecule has 0 fully saturated rings. The molecule has 0 amide bonds. The summed E-state index contributed by atoms with van der Waals surface area (Å²) in [7, 11) is 0. The molecule has 52 heavy (non-hydrogen) atoms. The van der Waals surface area contributed by atoms with Crippen LogP contribution in [0.15, 0.2) is 192 Å². The van der Waals surface area contributed by atoms with Gasteiger partial charge in [0.1, 0.15) is 11.6 Å². The summed E-state index contributed by atoms with van der Waals surface area (Å²) in [4.78, 5) is 16.9. The zero-order valence-electron chi connectivity index (χ0n) is 30.9. The Morgan fingerprint density at radius 1 is 0.827 bits per heavy atom. The van der Waals surface area contributed by atoms with Crippen molar-refractivity contribution in [2.45, 2.75) is 53.9 Å². The Morgan fingerprint density at radius 2 is 1.46 bits per heavy atom. The Morgan fingerprint density at radius 3 is 2.10 bits per heavy atom. The molecule has 5 heteroatoms. The van der Waals surface area contributed by atoms with Gasteiger partial charge >= 0.3 is 0 Å². The lowest BCUT2D eigenvalue weighted by molar-refractivity contribution is 0.214. The van der Waals surface area contributed by atoms with Crippen LogP contribution in [0.25, 0.3) is 0 Å². The van der Waals surface area contributed by atoms with Crippen LogP contribution in [0.1, 0.15) is 53.9 Å². The van der Waals surface area contributed by atoms with Crippen molar-refractivity contribution in [2.75, 3.05) is 9.80 Å². The highest BCUT2D eigenvalue weighted by molar-refractivity contribution is 5.70. The molecule has 1 atom stereocenters. The Balaban J connectivity index is 1.36. The van der Waals surface area contributed by atoms with Gasteiger partial charge < -0.3 is 4.90 Å². The summed E-state index contributed by atoms with van der Waals surface area (Å²) >= 11 is 0. The second-order valence-electron chi connectivity index (χ2n) is 15.2. The zero-order valence-corrected chi connectivity index (χ0v) is 30.9. The van der Waals surface area contributed by atoms with Gasteiger partial charge in [-0.15, -0.1) is 0 Å². The van der Waals surface area contributed by atoms with Gasteiger partial charge in [0.15, 0.2) is 0 Å². The van der Waals surface area contributed by atoms with Crippen molar-refractivity contribution >= 4 is 23.0 Å². The third-order valence-electron chi connectivity index (χ3n) is 11.4. The number of rotatable bonds is 8. The highest BCUT2D eigenvalue weighted by atomic mass is 15.2. The first kappa shape index (κ1) is 33.5. The van der Waals surface area contributed by atoms with E-state index < -0.39 is 0 Å². The van der Waals surface area contributed by atoms with Gasteiger partial charge in [-0.3, -0.25) is 9.80 Å². The molecule has 4 aromatic rings. The summed E-state index contributed by atoms with van der Waals surface area (Å²) in [5, 5.41) is 0. The van der Waals surface area contributed by atoms with Crippen LogP contribution in [0.5, 0.6) is 0 Å². The lowest BCUT2D eigenvalue weighted by atomic mass is 9.58. The molecule has 1 unspecified atom stereocenters. The summed E-state index contributed by atoms with van der Waals surface area (Å²) in [6.45, 7) is 16.4. The lowest BCUT2D eigenvalue weighted by Gasteiger charge is -2.56. The standard InChI is InChI=1S/C47H47N5/c1-7-41-38(30-33(2)50(34-20-10-8-11-21-34)43-26-16-18-28-48-43)47(5,6)40-32-36(51(35-22-12-9-13-23-35)44-27-17-19-29-49-44)31-39-45(40)52(41)42-25-15-14-24-37(42)46(39,3)4/h7-13,15-23,25-31,40H,1,14,24,32H2,2-6H3/b33-30+. The van der Waals surface area contributed by atoms with Crippen LogP contribution in [0, 0.1) is 16.7 Å². The smallest absolute Gasteiger partial charge is 0.137 e. The van der Waals surface area contributed by atoms with Crippen LogP contribution >= 0.6 is 0 Å². The van der Waals surface area contributed by atoms with E-state index in [9.17, 15) is 0 Å². The van der Waals surface area contributed by atoms with Crippen LogP contribution in [0.2, 0.25) is 0 Å². The molecule has 8 rings (SSSR count). The summed E-state index contributed by atoms with van der Waals surface area (Å²) in [5.74, 6) is 1.98. The second kappa shape index (κ2) is 13.1. The maximum absolute atomic E-state index is 4.91. The molecule has 4 aliphatic rings. The highest BCUT2D eigenvalue weighted by Crippen LogP contribution is 2.61. The van der Waals surface area contributed by atoms with Gasteiger partial charge in [-0.05, 0) is 116 Å². The molecule has 0 spiro atoms. The number of nitrogens with zero attached hydrogens (tertiary/aromatic N) is 5. The van der Waals surface area contributed by atoms with Crippen LogP contribution < -0.4 is 9.80 Å². The van der Waals surface area contributed by atoms with E-state index in [0.717, 1.165) is 53.7 Å². The predicted octanol–water partition coefficient (Wildman–Crippen LogP) is 11.9. The van der Waals surface area contributed by atoms with E-state index in [1.54, 1.807) is 0 Å². The molecule has 2 aromatic heterocycles. The maximum Gasteiger partial charge on any atom is 0.137 e. The number of para-hydroxylation sites is 2. The molecule has 0 saturated carbocycles. The Labute approximate surface area is 309 Å². The molecule has 0 radical (unpaired) electrons. The summed E-state index contributed by atoms with van der Waals surface area (Å²) < 4.78 is 0. The monoisotopic (exact) mass is 681 g/mol. The van der Waals surface area contributed by atoms with Gasteiger partial charge in [-0.2, -0.15) is 0 Å². The van der Waals surface area contributed by atoms with E-state index in [-0.39, 0.29) is 16.7 Å². The molecule has 0 saturated heterocycles. The van der Waals surface area contributed by atoms with E-state index >= 15 is 0 Å². The number of benzene rings is 2. The number of aromatic nitrogens is 2. The average Bonchev–Trinajstić information content (AvgIpc) is 3.17. The zero-order chi connectivity index (χ0) is 36.0. The molecule has 260 valence electrons. The Kier molecular flexibility index (Phi) is 8.45. The number of pyridine rings is 2. The Hall–Kier alpha value is -5.68. The normalized spacial score (nSPS) is 20.2. The largest absolute Gasteiger partial charge is 0.313 e. The summed E-state index contributed by atoms with van der Waals surface area (Å²) in [6, 6.07) is 33.5. The highest BCUT2D eigenvalue weighted by Gasteiger charge is 2.52. The van der Waals surface area contributed by atoms with Gasteiger partial charge in [0, 0.05) is 69.0 Å². The van der Waals surface area contributed by atoms with Gasteiger partial charge in [0.05, 0.1) is 0 Å². The number of anilines is 4. The maximum atomic E-state index is 4.91. The molecule has 2 aliphatic carbocycles. The lowest BCUT2D eigenvalue weighted by Crippen LogP contribution is -2.48. The molecule has 0 N–H and O–H groups in total. The molecule has 5 nitrogen and oxygen atoms in total. The molecule has 4 heterocycles. The minimum Gasteiger partial charge on any atom is -0.313 e. The fraction of sp³-hybridized carbons (Fsp3) is 0.234. The van der Waals surface area contributed by atoms with E-state index in [1.165, 1.54) is 33.8 Å². The van der Waals surface area contributed by atoms with Crippen molar-refractivity contribution in [3.05, 3.63) is 192 Å². The summed E-state index contributed by atoms with van der Waals surface area (Å²) in [6.07, 6.45) is 18.4. The average molecular weight is 682 g/mol. The quantitative estimate of drug-likeness (QED) is 0.185. The molecule has 2 aliphatic heterocycles. The molecule has 2 aromatic carbocycles. The van der Waals surface area contributed by atoms with E-state index in [0.29, 0.717) is 0 Å². The fourth-order valence-electron chi connectivity index (χ4n) is 8.83. The third kappa shape index (κ3) is 5.47. The van der Waals surface area contributed by atoms with Crippen LogP contribution in [0.3, 0.4) is 0 Å². The topological polar surface area (TPSA) is 35.5 Å². The van der Waals surface area contributed by atoms with Crippen molar-refractivity contribution in [2.24, 2.45) is 16.7 Å². The number of fused-ring (bicyclic) bond motifs is 1. The minimum atomic E-state index is -0.271. The minimum absolute atomic E-state index is 0.156. The van der Waals surface area contributed by atoms with Crippen LogP contribution in [-0.4, -0.2) is 14.9 Å². The van der Waals surface area contributed by atoms with Crippen LogP contribution in [-0.2, 0) is 0 Å². The predicted molar refractivity (Wildman–Crippen MR) is 215 cm³/mol. The van der Waals surface area contributed by atoms with Crippen molar-refractivity contribution in [3.63, 3.8) is 0 Å². The van der Waals surface area contributed by atoms with Gasteiger partial charge in [-0.25, -0.2) is 9.97 Å². The second-order valence-corrected chi connectivity index (χ2v) is 15.2. The third-order valence-corrected chi connectivity index (χ3v) is 11.4. The fourth-order valence-corrected chi connectivity index (χ4v) is 8.83. The van der Waals surface area contributed by atoms with E-state index in [4.69, 9.17) is 9.97 Å². The first-order valence-corrected chi connectivity index (χ1v) is 18.4. The van der Waals surface area contributed by atoms with E-state index in [2.05, 4.69) is 171 Å². The van der Waals surface area contributed by atoms with Gasteiger partial charge in [0.25, 0.3) is 0 Å². The summed E-state index contributed by atoms with van der Waals surface area (Å²) in [5.41, 5.74) is 12.1. The first-order chi connectivity index (χ1) is 25.2. The van der Waals surface area contributed by atoms with E-state index in [1.807, 2.05) is 24.5 Å². The SMILES string of the molecule is C=CC1=C(/C=C(\C)N(c2ccccc2)c2ccccn2)C(C)(C)C2CC(N(c3ccccc3)c3ccccn3)=CC3=C2N1C1=C(CCC=C1)C3(C)C. The van der Waals surface area contributed by atoms with Crippen LogP contribution in [0.4, 0.5) is 23.0 Å². The molecular formula is C47H47N5. The molecule has 0 bridgehead atoms. The van der Waals surface area contributed by atoms with Gasteiger partial charge in [-0.1, -0.05) is 88.9 Å². The van der Waals surface area contributed by atoms with Gasteiger partial charge in [0.2, 0.25) is 0 Å². The van der Waals surface area contributed by atoms with Crippen molar-refractivity contribution < 1.29 is 0 Å². The Bertz CT molecular complexity index is 2110. The first-order valence-electron chi connectivity index (χ1n) is 18.4. The number of allylic oxidation sites excluding steroid dienone is 11. The van der Waals surface area contributed by atoms with Crippen molar-refractivity contribution in [1.82, 2.24) is 14.9 Å². The number of hydrogen-bond acceptors (Lipinski definition) is 5. The van der Waals surface area contributed by atoms with Crippen molar-refractivity contribution in [1.29, 1.82) is 0 Å².